The van der Waals surface area contributed by atoms with E-state index in [1.165, 1.54) is 37.9 Å². The highest BCUT2D eigenvalue weighted by Gasteiger charge is 2.09. The van der Waals surface area contributed by atoms with Crippen molar-refractivity contribution in [3.8, 4) is 5.75 Å². The molecule has 0 amide bonds. The monoisotopic (exact) mass is 326 g/mol. The summed E-state index contributed by atoms with van der Waals surface area (Å²) in [4.78, 5) is 2.55. The van der Waals surface area contributed by atoms with E-state index in [4.69, 9.17) is 4.74 Å². The molecule has 0 radical (unpaired) electrons. The van der Waals surface area contributed by atoms with Crippen LogP contribution in [0.25, 0.3) is 0 Å². The topological polar surface area (TPSA) is 24.5 Å². The molecular formula is C15H23BrN2O. The van der Waals surface area contributed by atoms with Gasteiger partial charge in [0.05, 0.1) is 7.11 Å². The molecule has 0 atom stereocenters. The van der Waals surface area contributed by atoms with Crippen molar-refractivity contribution in [2.75, 3.05) is 33.3 Å². The van der Waals surface area contributed by atoms with Gasteiger partial charge in [-0.25, -0.2) is 0 Å². The first-order valence-electron chi connectivity index (χ1n) is 7.05. The Kier molecular flexibility index (Phi) is 6.14. The molecule has 1 aliphatic heterocycles. The Morgan fingerprint density at radius 2 is 2.05 bits per heavy atom. The zero-order valence-electron chi connectivity index (χ0n) is 11.6. The fourth-order valence-corrected chi connectivity index (χ4v) is 2.84. The SMILES string of the molecule is COc1ccc(Br)c(CNCCN2CCCCC2)c1. The summed E-state index contributed by atoms with van der Waals surface area (Å²) in [6.07, 6.45) is 4.13. The van der Waals surface area contributed by atoms with Gasteiger partial charge in [0.1, 0.15) is 5.75 Å². The van der Waals surface area contributed by atoms with Crippen LogP contribution in [0.1, 0.15) is 24.8 Å². The summed E-state index contributed by atoms with van der Waals surface area (Å²) < 4.78 is 6.39. The quantitative estimate of drug-likeness (QED) is 0.813. The van der Waals surface area contributed by atoms with Crippen LogP contribution in [-0.4, -0.2) is 38.2 Å². The molecule has 1 saturated heterocycles. The summed E-state index contributed by atoms with van der Waals surface area (Å²) in [6, 6.07) is 6.10. The molecule has 2 rings (SSSR count). The largest absolute Gasteiger partial charge is 0.497 e. The minimum Gasteiger partial charge on any atom is -0.497 e. The highest BCUT2D eigenvalue weighted by Crippen LogP contribution is 2.22. The van der Waals surface area contributed by atoms with Gasteiger partial charge in [-0.05, 0) is 49.7 Å². The molecule has 1 aromatic carbocycles. The van der Waals surface area contributed by atoms with Crippen LogP contribution in [0, 0.1) is 0 Å². The van der Waals surface area contributed by atoms with Crippen molar-refractivity contribution in [2.45, 2.75) is 25.8 Å². The average Bonchev–Trinajstić information content (AvgIpc) is 2.46. The summed E-state index contributed by atoms with van der Waals surface area (Å²) in [5, 5.41) is 3.51. The molecule has 0 aromatic heterocycles. The van der Waals surface area contributed by atoms with Crippen LogP contribution in [-0.2, 0) is 6.54 Å². The zero-order valence-corrected chi connectivity index (χ0v) is 13.2. The Bertz CT molecular complexity index is 392. The van der Waals surface area contributed by atoms with Crippen LogP contribution in [0.5, 0.6) is 5.75 Å². The molecule has 0 aliphatic carbocycles. The van der Waals surface area contributed by atoms with Gasteiger partial charge in [0.2, 0.25) is 0 Å². The van der Waals surface area contributed by atoms with E-state index in [2.05, 4.69) is 32.2 Å². The number of nitrogens with zero attached hydrogens (tertiary/aromatic N) is 1. The van der Waals surface area contributed by atoms with E-state index in [0.29, 0.717) is 0 Å². The Hall–Kier alpha value is -0.580. The lowest BCUT2D eigenvalue weighted by Gasteiger charge is -2.26. The number of nitrogens with one attached hydrogen (secondary N) is 1. The second-order valence-corrected chi connectivity index (χ2v) is 5.89. The summed E-state index contributed by atoms with van der Waals surface area (Å²) in [5.74, 6) is 0.913. The number of benzene rings is 1. The van der Waals surface area contributed by atoms with E-state index in [-0.39, 0.29) is 0 Å². The molecule has 0 bridgehead atoms. The normalized spacial score (nSPS) is 16.5. The number of piperidine rings is 1. The molecule has 3 nitrogen and oxygen atoms in total. The van der Waals surface area contributed by atoms with Crippen molar-refractivity contribution in [1.82, 2.24) is 10.2 Å². The molecule has 0 unspecified atom stereocenters. The van der Waals surface area contributed by atoms with Gasteiger partial charge in [-0.15, -0.1) is 0 Å². The first-order chi connectivity index (χ1) is 9.29. The van der Waals surface area contributed by atoms with Gasteiger partial charge in [-0.2, -0.15) is 0 Å². The van der Waals surface area contributed by atoms with E-state index < -0.39 is 0 Å². The second kappa shape index (κ2) is 7.88. The number of hydrogen-bond donors (Lipinski definition) is 1. The van der Waals surface area contributed by atoms with Gasteiger partial charge in [0, 0.05) is 24.1 Å². The van der Waals surface area contributed by atoms with Crippen LogP contribution in [0.2, 0.25) is 0 Å². The summed E-state index contributed by atoms with van der Waals surface area (Å²) in [5.41, 5.74) is 1.25. The molecule has 1 fully saturated rings. The molecule has 19 heavy (non-hydrogen) atoms. The first kappa shape index (κ1) is 14.8. The van der Waals surface area contributed by atoms with Crippen molar-refractivity contribution >= 4 is 15.9 Å². The summed E-state index contributed by atoms with van der Waals surface area (Å²) in [7, 11) is 1.71. The number of methoxy groups -OCH3 is 1. The van der Waals surface area contributed by atoms with E-state index in [1.54, 1.807) is 7.11 Å². The Labute approximate surface area is 124 Å². The maximum atomic E-state index is 5.25. The lowest BCUT2D eigenvalue weighted by molar-refractivity contribution is 0.229. The smallest absolute Gasteiger partial charge is 0.119 e. The standard InChI is InChI=1S/C15H23BrN2O/c1-19-14-5-6-15(16)13(11-14)12-17-7-10-18-8-3-2-4-9-18/h5-6,11,17H,2-4,7-10,12H2,1H3. The van der Waals surface area contributed by atoms with Crippen LogP contribution in [0.3, 0.4) is 0 Å². The number of ether oxygens (including phenoxy) is 1. The van der Waals surface area contributed by atoms with E-state index in [1.807, 2.05) is 12.1 Å². The lowest BCUT2D eigenvalue weighted by Crippen LogP contribution is -2.35. The number of rotatable bonds is 6. The molecule has 106 valence electrons. The lowest BCUT2D eigenvalue weighted by atomic mass is 10.1. The van der Waals surface area contributed by atoms with Crippen molar-refractivity contribution in [3.63, 3.8) is 0 Å². The zero-order chi connectivity index (χ0) is 13.5. The molecule has 1 heterocycles. The summed E-state index contributed by atoms with van der Waals surface area (Å²) >= 11 is 3.58. The third-order valence-electron chi connectivity index (χ3n) is 3.62. The minimum absolute atomic E-state index is 0.881. The van der Waals surface area contributed by atoms with Crippen molar-refractivity contribution in [3.05, 3.63) is 28.2 Å². The highest BCUT2D eigenvalue weighted by molar-refractivity contribution is 9.10. The van der Waals surface area contributed by atoms with Gasteiger partial charge in [-0.1, -0.05) is 22.4 Å². The molecule has 1 N–H and O–H groups in total. The van der Waals surface area contributed by atoms with Crippen LogP contribution in [0.15, 0.2) is 22.7 Å². The first-order valence-corrected chi connectivity index (χ1v) is 7.84. The molecule has 1 aliphatic rings. The van der Waals surface area contributed by atoms with Crippen LogP contribution >= 0.6 is 15.9 Å². The van der Waals surface area contributed by atoms with Gasteiger partial charge in [0.25, 0.3) is 0 Å². The number of hydrogen-bond acceptors (Lipinski definition) is 3. The van der Waals surface area contributed by atoms with Gasteiger partial charge in [0.15, 0.2) is 0 Å². The Morgan fingerprint density at radius 1 is 1.26 bits per heavy atom. The van der Waals surface area contributed by atoms with E-state index in [0.717, 1.165) is 29.9 Å². The minimum atomic E-state index is 0.881. The molecule has 4 heteroatoms. The maximum absolute atomic E-state index is 5.25. The van der Waals surface area contributed by atoms with E-state index in [9.17, 15) is 0 Å². The van der Waals surface area contributed by atoms with Crippen LogP contribution < -0.4 is 10.1 Å². The molecular weight excluding hydrogens is 304 g/mol. The number of likely N-dealkylation sites (tertiary alicyclic amines) is 1. The van der Waals surface area contributed by atoms with Gasteiger partial charge < -0.3 is 15.0 Å². The molecule has 0 spiro atoms. The fourth-order valence-electron chi connectivity index (χ4n) is 2.46. The molecule has 1 aromatic rings. The van der Waals surface area contributed by atoms with Crippen molar-refractivity contribution in [2.24, 2.45) is 0 Å². The van der Waals surface area contributed by atoms with Crippen molar-refractivity contribution in [1.29, 1.82) is 0 Å². The van der Waals surface area contributed by atoms with Gasteiger partial charge >= 0.3 is 0 Å². The van der Waals surface area contributed by atoms with Crippen LogP contribution in [0.4, 0.5) is 0 Å². The van der Waals surface area contributed by atoms with Gasteiger partial charge in [-0.3, -0.25) is 0 Å². The fraction of sp³-hybridized carbons (Fsp3) is 0.600. The Balaban J connectivity index is 1.72. The van der Waals surface area contributed by atoms with Crippen molar-refractivity contribution < 1.29 is 4.74 Å². The predicted octanol–water partition coefficient (Wildman–Crippen LogP) is 3.03. The Morgan fingerprint density at radius 3 is 2.79 bits per heavy atom. The number of halogens is 1. The summed E-state index contributed by atoms with van der Waals surface area (Å²) in [6.45, 7) is 5.62. The highest BCUT2D eigenvalue weighted by atomic mass is 79.9. The maximum Gasteiger partial charge on any atom is 0.119 e. The predicted molar refractivity (Wildman–Crippen MR) is 82.7 cm³/mol. The molecule has 0 saturated carbocycles. The third kappa shape index (κ3) is 4.79. The second-order valence-electron chi connectivity index (χ2n) is 5.04. The third-order valence-corrected chi connectivity index (χ3v) is 4.40. The van der Waals surface area contributed by atoms with E-state index >= 15 is 0 Å². The average molecular weight is 327 g/mol.